The fraction of sp³-hybridized carbons (Fsp3) is 0.167. The highest BCUT2D eigenvalue weighted by molar-refractivity contribution is 7.99. The van der Waals surface area contributed by atoms with Gasteiger partial charge in [0.25, 0.3) is 0 Å². The predicted molar refractivity (Wildman–Crippen MR) is 125 cm³/mol. The van der Waals surface area contributed by atoms with E-state index in [1.807, 2.05) is 80.6 Å². The van der Waals surface area contributed by atoms with Crippen LogP contribution in [-0.4, -0.2) is 31.9 Å². The van der Waals surface area contributed by atoms with Crippen molar-refractivity contribution in [1.82, 2.24) is 20.2 Å². The maximum Gasteiger partial charge on any atom is 0.234 e. The Morgan fingerprint density at radius 2 is 1.81 bits per heavy atom. The number of benzene rings is 3. The lowest BCUT2D eigenvalue weighted by Gasteiger charge is -2.09. The molecule has 32 heavy (non-hydrogen) atoms. The molecule has 1 amide bonds. The van der Waals surface area contributed by atoms with Crippen LogP contribution in [0.3, 0.4) is 0 Å². The lowest BCUT2D eigenvalue weighted by atomic mass is 10.1. The number of ether oxygens (including phenoxy) is 1. The summed E-state index contributed by atoms with van der Waals surface area (Å²) in [5.41, 5.74) is 4.94. The second-order valence-electron chi connectivity index (χ2n) is 7.30. The largest absolute Gasteiger partial charge is 0.489 e. The van der Waals surface area contributed by atoms with E-state index in [0.29, 0.717) is 17.5 Å². The Hall–Kier alpha value is -3.65. The molecular weight excluding hydrogens is 422 g/mol. The van der Waals surface area contributed by atoms with Crippen molar-refractivity contribution in [2.75, 3.05) is 11.1 Å². The third-order valence-electron chi connectivity index (χ3n) is 4.74. The molecule has 0 spiro atoms. The number of nitrogens with zero attached hydrogens (tertiary/aromatic N) is 4. The summed E-state index contributed by atoms with van der Waals surface area (Å²) >= 11 is 1.29. The lowest BCUT2D eigenvalue weighted by molar-refractivity contribution is -0.113. The first-order valence-electron chi connectivity index (χ1n) is 10.1. The molecule has 0 radical (unpaired) electrons. The molecule has 0 saturated carbocycles. The number of anilines is 1. The highest BCUT2D eigenvalue weighted by atomic mass is 32.2. The molecule has 4 rings (SSSR count). The first-order valence-corrected chi connectivity index (χ1v) is 11.1. The number of hydrogen-bond donors (Lipinski definition) is 1. The SMILES string of the molecule is Cc1ccc(-n2nnnc2SCC(=O)Nc2ccc(OCc3ccccc3)cc2)c(C)c1. The Morgan fingerprint density at radius 3 is 2.56 bits per heavy atom. The van der Waals surface area contributed by atoms with Crippen LogP contribution in [0.15, 0.2) is 78.0 Å². The van der Waals surface area contributed by atoms with Crippen LogP contribution in [-0.2, 0) is 11.4 Å². The summed E-state index contributed by atoms with van der Waals surface area (Å²) < 4.78 is 7.44. The van der Waals surface area contributed by atoms with Gasteiger partial charge in [-0.25, -0.2) is 0 Å². The number of tetrazole rings is 1. The molecule has 3 aromatic carbocycles. The molecule has 4 aromatic rings. The Morgan fingerprint density at radius 1 is 1.03 bits per heavy atom. The van der Waals surface area contributed by atoms with Gasteiger partial charge >= 0.3 is 0 Å². The number of carbonyl (C=O) groups excluding carboxylic acids is 1. The van der Waals surface area contributed by atoms with Gasteiger partial charge in [-0.1, -0.05) is 59.8 Å². The Labute approximate surface area is 190 Å². The highest BCUT2D eigenvalue weighted by Gasteiger charge is 2.13. The van der Waals surface area contributed by atoms with E-state index < -0.39 is 0 Å². The average Bonchev–Trinajstić information content (AvgIpc) is 3.26. The zero-order valence-electron chi connectivity index (χ0n) is 17.9. The summed E-state index contributed by atoms with van der Waals surface area (Å²) in [6, 6.07) is 23.4. The number of aryl methyl sites for hydroxylation is 2. The number of hydrogen-bond acceptors (Lipinski definition) is 6. The van der Waals surface area contributed by atoms with Crippen LogP contribution in [0.2, 0.25) is 0 Å². The van der Waals surface area contributed by atoms with Crippen molar-refractivity contribution in [1.29, 1.82) is 0 Å². The van der Waals surface area contributed by atoms with Crippen LogP contribution in [0.25, 0.3) is 5.69 Å². The van der Waals surface area contributed by atoms with Crippen molar-refractivity contribution < 1.29 is 9.53 Å². The molecule has 1 N–H and O–H groups in total. The molecule has 7 nitrogen and oxygen atoms in total. The fourth-order valence-electron chi connectivity index (χ4n) is 3.17. The highest BCUT2D eigenvalue weighted by Crippen LogP contribution is 2.22. The summed E-state index contributed by atoms with van der Waals surface area (Å²) in [6.07, 6.45) is 0. The van der Waals surface area contributed by atoms with Gasteiger partial charge in [0, 0.05) is 5.69 Å². The summed E-state index contributed by atoms with van der Waals surface area (Å²) in [5.74, 6) is 0.800. The number of rotatable bonds is 8. The molecule has 0 aliphatic rings. The maximum atomic E-state index is 12.4. The van der Waals surface area contributed by atoms with Gasteiger partial charge in [-0.05, 0) is 65.7 Å². The summed E-state index contributed by atoms with van der Waals surface area (Å²) in [5, 5.41) is 15.4. The second-order valence-corrected chi connectivity index (χ2v) is 8.24. The summed E-state index contributed by atoms with van der Waals surface area (Å²) in [7, 11) is 0. The van der Waals surface area contributed by atoms with E-state index >= 15 is 0 Å². The minimum absolute atomic E-state index is 0.136. The molecule has 0 unspecified atom stereocenters. The standard InChI is InChI=1S/C24H23N5O2S/c1-17-8-13-22(18(2)14-17)29-24(26-27-28-29)32-16-23(30)25-20-9-11-21(12-10-20)31-15-19-6-4-3-5-7-19/h3-14H,15-16H2,1-2H3,(H,25,30). The topological polar surface area (TPSA) is 81.9 Å². The number of nitrogens with one attached hydrogen (secondary N) is 1. The quantitative estimate of drug-likeness (QED) is 0.400. The van der Waals surface area contributed by atoms with Crippen LogP contribution in [0.4, 0.5) is 5.69 Å². The normalized spacial score (nSPS) is 10.7. The van der Waals surface area contributed by atoms with E-state index in [0.717, 1.165) is 22.6 Å². The van der Waals surface area contributed by atoms with Crippen molar-refractivity contribution in [3.05, 3.63) is 89.5 Å². The minimum Gasteiger partial charge on any atom is -0.489 e. The van der Waals surface area contributed by atoms with Crippen LogP contribution >= 0.6 is 11.8 Å². The molecule has 0 aliphatic heterocycles. The predicted octanol–water partition coefficient (Wildman–Crippen LogP) is 4.59. The number of amides is 1. The van der Waals surface area contributed by atoms with Gasteiger partial charge in [0.2, 0.25) is 11.1 Å². The summed E-state index contributed by atoms with van der Waals surface area (Å²) in [4.78, 5) is 12.4. The van der Waals surface area contributed by atoms with Gasteiger partial charge in [-0.3, -0.25) is 4.79 Å². The van der Waals surface area contributed by atoms with E-state index in [9.17, 15) is 4.79 Å². The van der Waals surface area contributed by atoms with Gasteiger partial charge in [0.1, 0.15) is 12.4 Å². The van der Waals surface area contributed by atoms with Crippen LogP contribution < -0.4 is 10.1 Å². The molecule has 0 aliphatic carbocycles. The van der Waals surface area contributed by atoms with Crippen LogP contribution in [0.1, 0.15) is 16.7 Å². The van der Waals surface area contributed by atoms with Gasteiger partial charge in [-0.15, -0.1) is 5.10 Å². The zero-order valence-corrected chi connectivity index (χ0v) is 18.7. The second kappa shape index (κ2) is 10.1. The van der Waals surface area contributed by atoms with Crippen LogP contribution in [0, 0.1) is 13.8 Å². The van der Waals surface area contributed by atoms with Crippen molar-refractivity contribution >= 4 is 23.4 Å². The molecule has 0 bridgehead atoms. The lowest BCUT2D eigenvalue weighted by Crippen LogP contribution is -2.14. The molecule has 1 heterocycles. The molecule has 8 heteroatoms. The van der Waals surface area contributed by atoms with Gasteiger partial charge in [0.05, 0.1) is 11.4 Å². The number of aromatic nitrogens is 4. The van der Waals surface area contributed by atoms with E-state index in [2.05, 4.69) is 26.9 Å². The minimum atomic E-state index is -0.136. The molecule has 1 aromatic heterocycles. The van der Waals surface area contributed by atoms with Gasteiger partial charge < -0.3 is 10.1 Å². The van der Waals surface area contributed by atoms with E-state index in [-0.39, 0.29) is 11.7 Å². The van der Waals surface area contributed by atoms with Gasteiger partial charge in [0.15, 0.2) is 0 Å². The molecular formula is C24H23N5O2S. The van der Waals surface area contributed by atoms with Gasteiger partial charge in [-0.2, -0.15) is 4.68 Å². The van der Waals surface area contributed by atoms with E-state index in [1.54, 1.807) is 4.68 Å². The maximum absolute atomic E-state index is 12.4. The Kier molecular flexibility index (Phi) is 6.81. The molecule has 0 saturated heterocycles. The zero-order chi connectivity index (χ0) is 22.3. The number of carbonyl (C=O) groups is 1. The monoisotopic (exact) mass is 445 g/mol. The van der Waals surface area contributed by atoms with Crippen molar-refractivity contribution in [2.24, 2.45) is 0 Å². The Bertz CT molecular complexity index is 1190. The third kappa shape index (κ3) is 5.53. The van der Waals surface area contributed by atoms with Crippen molar-refractivity contribution in [3.8, 4) is 11.4 Å². The first kappa shape index (κ1) is 21.6. The van der Waals surface area contributed by atoms with E-state index in [4.69, 9.17) is 4.74 Å². The first-order chi connectivity index (χ1) is 15.6. The smallest absolute Gasteiger partial charge is 0.234 e. The molecule has 0 atom stereocenters. The average molecular weight is 446 g/mol. The third-order valence-corrected chi connectivity index (χ3v) is 5.66. The molecule has 162 valence electrons. The summed E-state index contributed by atoms with van der Waals surface area (Å²) in [6.45, 7) is 4.55. The van der Waals surface area contributed by atoms with Crippen molar-refractivity contribution in [2.45, 2.75) is 25.6 Å². The number of thioether (sulfide) groups is 1. The van der Waals surface area contributed by atoms with Crippen LogP contribution in [0.5, 0.6) is 5.75 Å². The fourth-order valence-corrected chi connectivity index (χ4v) is 3.85. The van der Waals surface area contributed by atoms with E-state index in [1.165, 1.54) is 17.3 Å². The molecule has 0 fully saturated rings. The van der Waals surface area contributed by atoms with Crippen molar-refractivity contribution in [3.63, 3.8) is 0 Å². The Balaban J connectivity index is 1.31.